The zero-order chi connectivity index (χ0) is 18.6. The van der Waals surface area contributed by atoms with E-state index in [1.807, 2.05) is 0 Å². The first-order valence-electron chi connectivity index (χ1n) is 7.44. The summed E-state index contributed by atoms with van der Waals surface area (Å²) in [6, 6.07) is 11.2. The number of aryl methyl sites for hydroxylation is 1. The standard InChI is InChI=1S/C18H16F3NO3/c1-11-7-3-4-8-13(11)17(24)25-12(2)16(23)22-15-10-6-5-9-14(15)18(19,20)21/h3-10,12H,1-2H3,(H,22,23). The van der Waals surface area contributed by atoms with Crippen molar-refractivity contribution in [1.29, 1.82) is 0 Å². The predicted octanol–water partition coefficient (Wildman–Crippen LogP) is 4.20. The number of para-hydroxylation sites is 1. The number of ether oxygens (including phenoxy) is 1. The van der Waals surface area contributed by atoms with Crippen molar-refractivity contribution < 1.29 is 27.5 Å². The number of benzene rings is 2. The van der Waals surface area contributed by atoms with Crippen LogP contribution >= 0.6 is 0 Å². The van der Waals surface area contributed by atoms with Gasteiger partial charge in [0, 0.05) is 0 Å². The number of carbonyl (C=O) groups is 2. The highest BCUT2D eigenvalue weighted by molar-refractivity contribution is 5.98. The number of amides is 1. The van der Waals surface area contributed by atoms with Crippen molar-refractivity contribution >= 4 is 17.6 Å². The Morgan fingerprint density at radius 2 is 1.64 bits per heavy atom. The fraction of sp³-hybridized carbons (Fsp3) is 0.222. The number of nitrogens with one attached hydrogen (secondary N) is 1. The molecule has 0 aliphatic rings. The Morgan fingerprint density at radius 3 is 2.28 bits per heavy atom. The van der Waals surface area contributed by atoms with Crippen molar-refractivity contribution in [3.05, 3.63) is 65.2 Å². The Hall–Kier alpha value is -2.83. The maximum absolute atomic E-state index is 12.9. The van der Waals surface area contributed by atoms with E-state index in [0.29, 0.717) is 5.56 Å². The average Bonchev–Trinajstić information content (AvgIpc) is 2.54. The van der Waals surface area contributed by atoms with E-state index in [9.17, 15) is 22.8 Å². The van der Waals surface area contributed by atoms with E-state index in [2.05, 4.69) is 5.32 Å². The van der Waals surface area contributed by atoms with E-state index < -0.39 is 35.4 Å². The van der Waals surface area contributed by atoms with Crippen LogP contribution < -0.4 is 5.32 Å². The van der Waals surface area contributed by atoms with Gasteiger partial charge in [-0.15, -0.1) is 0 Å². The van der Waals surface area contributed by atoms with Crippen LogP contribution in [0.2, 0.25) is 0 Å². The summed E-state index contributed by atoms with van der Waals surface area (Å²) in [4.78, 5) is 24.2. The molecule has 0 aliphatic heterocycles. The van der Waals surface area contributed by atoms with Gasteiger partial charge in [-0.05, 0) is 37.6 Å². The van der Waals surface area contributed by atoms with Gasteiger partial charge in [0.25, 0.3) is 5.91 Å². The summed E-state index contributed by atoms with van der Waals surface area (Å²) in [5.74, 6) is -1.57. The molecule has 2 rings (SSSR count). The number of carbonyl (C=O) groups excluding carboxylic acids is 2. The molecular formula is C18H16F3NO3. The Balaban J connectivity index is 2.09. The molecule has 25 heavy (non-hydrogen) atoms. The highest BCUT2D eigenvalue weighted by Crippen LogP contribution is 2.34. The van der Waals surface area contributed by atoms with Crippen LogP contribution in [0.15, 0.2) is 48.5 Å². The minimum absolute atomic E-state index is 0.290. The largest absolute Gasteiger partial charge is 0.449 e. The molecule has 0 heterocycles. The summed E-state index contributed by atoms with van der Waals surface area (Å²) in [6.07, 6.45) is -5.86. The second-order valence-electron chi connectivity index (χ2n) is 5.40. The molecular weight excluding hydrogens is 335 g/mol. The topological polar surface area (TPSA) is 55.4 Å². The maximum Gasteiger partial charge on any atom is 0.418 e. The van der Waals surface area contributed by atoms with E-state index in [-0.39, 0.29) is 5.56 Å². The van der Waals surface area contributed by atoms with Crippen LogP contribution in [0.4, 0.5) is 18.9 Å². The minimum Gasteiger partial charge on any atom is -0.449 e. The van der Waals surface area contributed by atoms with Crippen LogP contribution in [0.25, 0.3) is 0 Å². The fourth-order valence-corrected chi connectivity index (χ4v) is 2.15. The number of halogens is 3. The molecule has 0 bridgehead atoms. The third-order valence-corrected chi connectivity index (χ3v) is 3.51. The van der Waals surface area contributed by atoms with Gasteiger partial charge in [-0.3, -0.25) is 4.79 Å². The highest BCUT2D eigenvalue weighted by atomic mass is 19.4. The molecule has 1 atom stereocenters. The van der Waals surface area contributed by atoms with Crippen molar-refractivity contribution in [3.63, 3.8) is 0 Å². The van der Waals surface area contributed by atoms with Crippen molar-refractivity contribution in [3.8, 4) is 0 Å². The van der Waals surface area contributed by atoms with Gasteiger partial charge in [0.2, 0.25) is 0 Å². The molecule has 0 aromatic heterocycles. The predicted molar refractivity (Wildman–Crippen MR) is 86.1 cm³/mol. The maximum atomic E-state index is 12.9. The third kappa shape index (κ3) is 4.59. The first kappa shape index (κ1) is 18.5. The minimum atomic E-state index is -4.61. The molecule has 0 spiro atoms. The number of hydrogen-bond acceptors (Lipinski definition) is 3. The van der Waals surface area contributed by atoms with Gasteiger partial charge in [0.1, 0.15) is 0 Å². The zero-order valence-electron chi connectivity index (χ0n) is 13.6. The molecule has 2 aromatic carbocycles. The summed E-state index contributed by atoms with van der Waals surface area (Å²) >= 11 is 0. The SMILES string of the molecule is Cc1ccccc1C(=O)OC(C)C(=O)Nc1ccccc1C(F)(F)F. The van der Waals surface area contributed by atoms with E-state index in [1.165, 1.54) is 19.1 Å². The smallest absolute Gasteiger partial charge is 0.418 e. The Kier molecular flexibility index (Phi) is 5.46. The Labute approximate surface area is 142 Å². The van der Waals surface area contributed by atoms with Crippen LogP contribution in [-0.2, 0) is 15.7 Å². The van der Waals surface area contributed by atoms with Crippen LogP contribution in [-0.4, -0.2) is 18.0 Å². The summed E-state index contributed by atoms with van der Waals surface area (Å²) in [5.41, 5.74) is -0.403. The highest BCUT2D eigenvalue weighted by Gasteiger charge is 2.34. The molecule has 0 saturated heterocycles. The molecule has 0 saturated carbocycles. The lowest BCUT2D eigenvalue weighted by molar-refractivity contribution is -0.137. The van der Waals surface area contributed by atoms with Crippen LogP contribution in [0, 0.1) is 6.92 Å². The third-order valence-electron chi connectivity index (χ3n) is 3.51. The normalized spacial score (nSPS) is 12.4. The molecule has 1 amide bonds. The molecule has 1 N–H and O–H groups in total. The fourth-order valence-electron chi connectivity index (χ4n) is 2.15. The first-order valence-corrected chi connectivity index (χ1v) is 7.44. The Morgan fingerprint density at radius 1 is 1.04 bits per heavy atom. The molecule has 0 radical (unpaired) electrons. The number of alkyl halides is 3. The number of anilines is 1. The lowest BCUT2D eigenvalue weighted by Crippen LogP contribution is -2.31. The summed E-state index contributed by atoms with van der Waals surface area (Å²) < 4.78 is 43.9. The number of rotatable bonds is 4. The van der Waals surface area contributed by atoms with Gasteiger partial charge in [0.15, 0.2) is 6.10 Å². The van der Waals surface area contributed by atoms with E-state index >= 15 is 0 Å². The molecule has 132 valence electrons. The number of esters is 1. The van der Waals surface area contributed by atoms with E-state index in [4.69, 9.17) is 4.74 Å². The van der Waals surface area contributed by atoms with Crippen molar-refractivity contribution in [2.75, 3.05) is 5.32 Å². The van der Waals surface area contributed by atoms with Gasteiger partial charge in [-0.25, -0.2) is 4.79 Å². The van der Waals surface area contributed by atoms with Gasteiger partial charge in [-0.2, -0.15) is 13.2 Å². The van der Waals surface area contributed by atoms with Crippen molar-refractivity contribution in [2.24, 2.45) is 0 Å². The van der Waals surface area contributed by atoms with Gasteiger partial charge in [-0.1, -0.05) is 30.3 Å². The van der Waals surface area contributed by atoms with Crippen LogP contribution in [0.3, 0.4) is 0 Å². The van der Waals surface area contributed by atoms with Crippen molar-refractivity contribution in [1.82, 2.24) is 0 Å². The van der Waals surface area contributed by atoms with Crippen LogP contribution in [0.1, 0.15) is 28.4 Å². The van der Waals surface area contributed by atoms with E-state index in [0.717, 1.165) is 12.1 Å². The van der Waals surface area contributed by atoms with Crippen molar-refractivity contribution in [2.45, 2.75) is 26.1 Å². The molecule has 4 nitrogen and oxygen atoms in total. The monoisotopic (exact) mass is 351 g/mol. The molecule has 0 fully saturated rings. The molecule has 1 unspecified atom stereocenters. The van der Waals surface area contributed by atoms with Gasteiger partial charge >= 0.3 is 12.1 Å². The number of hydrogen-bond donors (Lipinski definition) is 1. The Bertz CT molecular complexity index is 787. The molecule has 0 aliphatic carbocycles. The lowest BCUT2D eigenvalue weighted by atomic mass is 10.1. The zero-order valence-corrected chi connectivity index (χ0v) is 13.6. The second kappa shape index (κ2) is 7.38. The summed E-state index contributed by atoms with van der Waals surface area (Å²) in [7, 11) is 0. The average molecular weight is 351 g/mol. The molecule has 7 heteroatoms. The van der Waals surface area contributed by atoms with Gasteiger partial charge < -0.3 is 10.1 Å². The summed E-state index contributed by atoms with van der Waals surface area (Å²) in [6.45, 7) is 3.00. The van der Waals surface area contributed by atoms with Gasteiger partial charge in [0.05, 0.1) is 16.8 Å². The summed E-state index contributed by atoms with van der Waals surface area (Å²) in [5, 5.41) is 2.15. The quantitative estimate of drug-likeness (QED) is 0.840. The molecule has 2 aromatic rings. The van der Waals surface area contributed by atoms with Crippen LogP contribution in [0.5, 0.6) is 0 Å². The second-order valence-corrected chi connectivity index (χ2v) is 5.40. The first-order chi connectivity index (χ1) is 11.7. The van der Waals surface area contributed by atoms with E-state index in [1.54, 1.807) is 31.2 Å². The lowest BCUT2D eigenvalue weighted by Gasteiger charge is -2.17.